The number of aliphatic carboxylic acids is 1. The second-order valence-corrected chi connectivity index (χ2v) is 3.76. The average molecular weight is 230 g/mol. The van der Waals surface area contributed by atoms with Crippen LogP contribution in [0.2, 0.25) is 0 Å². The Labute approximate surface area is 97.9 Å². The van der Waals surface area contributed by atoms with E-state index in [2.05, 4.69) is 5.16 Å². The fraction of sp³-hybridized carbons (Fsp3) is 0.250. The van der Waals surface area contributed by atoms with Crippen LogP contribution in [0.25, 0.3) is 0 Å². The smallest absolute Gasteiger partial charge is 0.309 e. The predicted molar refractivity (Wildman–Crippen MR) is 59.3 cm³/mol. The van der Waals surface area contributed by atoms with Gasteiger partial charge < -0.3 is 9.94 Å². The van der Waals surface area contributed by atoms with E-state index in [0.29, 0.717) is 17.7 Å². The quantitative estimate of drug-likeness (QED) is 0.858. The van der Waals surface area contributed by atoms with Crippen LogP contribution >= 0.6 is 0 Å². The van der Waals surface area contributed by atoms with Gasteiger partial charge in [-0.2, -0.15) is 5.26 Å². The van der Waals surface area contributed by atoms with Gasteiger partial charge in [0, 0.05) is 6.42 Å². The summed E-state index contributed by atoms with van der Waals surface area (Å²) in [4.78, 5) is 15.7. The molecule has 5 heteroatoms. The van der Waals surface area contributed by atoms with Gasteiger partial charge in [0.1, 0.15) is 0 Å². The molecule has 5 nitrogen and oxygen atoms in total. The van der Waals surface area contributed by atoms with Crippen molar-refractivity contribution in [3.05, 3.63) is 35.4 Å². The molecule has 0 bridgehead atoms. The Bertz CT molecular complexity index is 499. The SMILES string of the molecule is N#Cc1ccc(C2CC(CC(=O)O)=NO2)cc1. The maximum atomic E-state index is 10.5. The van der Waals surface area contributed by atoms with E-state index in [1.807, 2.05) is 6.07 Å². The number of rotatable bonds is 3. The van der Waals surface area contributed by atoms with Crippen molar-refractivity contribution in [1.82, 2.24) is 0 Å². The summed E-state index contributed by atoms with van der Waals surface area (Å²) in [6.45, 7) is 0. The van der Waals surface area contributed by atoms with E-state index in [9.17, 15) is 4.79 Å². The normalized spacial score (nSPS) is 18.1. The molecule has 86 valence electrons. The molecule has 1 unspecified atom stereocenters. The molecular weight excluding hydrogens is 220 g/mol. The molecule has 0 aliphatic carbocycles. The van der Waals surface area contributed by atoms with Crippen LogP contribution in [0.1, 0.15) is 30.1 Å². The Kier molecular flexibility index (Phi) is 3.06. The van der Waals surface area contributed by atoms with Gasteiger partial charge in [-0.05, 0) is 17.7 Å². The van der Waals surface area contributed by atoms with Gasteiger partial charge in [-0.1, -0.05) is 17.3 Å². The van der Waals surface area contributed by atoms with Crippen LogP contribution in [-0.4, -0.2) is 16.8 Å². The number of hydrogen-bond acceptors (Lipinski definition) is 4. The maximum Gasteiger partial charge on any atom is 0.309 e. The van der Waals surface area contributed by atoms with Gasteiger partial charge in [0.25, 0.3) is 0 Å². The summed E-state index contributed by atoms with van der Waals surface area (Å²) >= 11 is 0. The molecule has 2 rings (SSSR count). The molecule has 0 amide bonds. The number of benzene rings is 1. The Morgan fingerprint density at radius 2 is 2.24 bits per heavy atom. The number of carboxylic acids is 1. The molecule has 1 aliphatic heterocycles. The van der Waals surface area contributed by atoms with Crippen molar-refractivity contribution in [2.75, 3.05) is 0 Å². The van der Waals surface area contributed by atoms with Crippen molar-refractivity contribution in [2.45, 2.75) is 18.9 Å². The third kappa shape index (κ3) is 2.61. The lowest BCUT2D eigenvalue weighted by Gasteiger charge is -2.07. The first kappa shape index (κ1) is 11.1. The molecule has 1 aromatic rings. The molecule has 1 heterocycles. The number of nitrogens with zero attached hydrogens (tertiary/aromatic N) is 2. The van der Waals surface area contributed by atoms with Gasteiger partial charge in [-0.25, -0.2) is 0 Å². The Balaban J connectivity index is 2.02. The minimum Gasteiger partial charge on any atom is -0.481 e. The monoisotopic (exact) mass is 230 g/mol. The number of carbonyl (C=O) groups is 1. The number of oxime groups is 1. The van der Waals surface area contributed by atoms with E-state index in [0.717, 1.165) is 5.56 Å². The van der Waals surface area contributed by atoms with Crippen LogP contribution < -0.4 is 0 Å². The predicted octanol–water partition coefficient (Wildman–Crippen LogP) is 1.85. The first-order valence-corrected chi connectivity index (χ1v) is 5.12. The second kappa shape index (κ2) is 4.66. The first-order chi connectivity index (χ1) is 8.19. The standard InChI is InChI=1S/C12H10N2O3/c13-7-8-1-3-9(4-2-8)11-5-10(14-17-11)6-12(15)16/h1-4,11H,5-6H2,(H,15,16). The van der Waals surface area contributed by atoms with E-state index >= 15 is 0 Å². The van der Waals surface area contributed by atoms with E-state index in [1.165, 1.54) is 0 Å². The number of hydrogen-bond donors (Lipinski definition) is 1. The largest absolute Gasteiger partial charge is 0.481 e. The molecule has 0 radical (unpaired) electrons. The highest BCUT2D eigenvalue weighted by Gasteiger charge is 2.23. The zero-order valence-electron chi connectivity index (χ0n) is 8.96. The van der Waals surface area contributed by atoms with Crippen LogP contribution in [0, 0.1) is 11.3 Å². The molecule has 1 aliphatic rings. The van der Waals surface area contributed by atoms with Crippen LogP contribution in [0.3, 0.4) is 0 Å². The summed E-state index contributed by atoms with van der Waals surface area (Å²) in [7, 11) is 0. The molecule has 17 heavy (non-hydrogen) atoms. The van der Waals surface area contributed by atoms with E-state index in [4.69, 9.17) is 15.2 Å². The molecule has 0 spiro atoms. The number of carboxylic acid groups (broad SMARTS) is 1. The fourth-order valence-electron chi connectivity index (χ4n) is 1.66. The third-order valence-corrected chi connectivity index (χ3v) is 2.50. The highest BCUT2D eigenvalue weighted by Crippen LogP contribution is 2.28. The van der Waals surface area contributed by atoms with Crippen molar-refractivity contribution in [3.8, 4) is 6.07 Å². The molecule has 0 fully saturated rings. The molecule has 1 aromatic carbocycles. The van der Waals surface area contributed by atoms with Crippen LogP contribution in [-0.2, 0) is 9.63 Å². The van der Waals surface area contributed by atoms with E-state index < -0.39 is 5.97 Å². The van der Waals surface area contributed by atoms with E-state index in [-0.39, 0.29) is 12.5 Å². The molecular formula is C12H10N2O3. The van der Waals surface area contributed by atoms with Crippen molar-refractivity contribution in [1.29, 1.82) is 5.26 Å². The summed E-state index contributed by atoms with van der Waals surface area (Å²) in [5, 5.41) is 21.0. The summed E-state index contributed by atoms with van der Waals surface area (Å²) in [5.41, 5.74) is 2.01. The topological polar surface area (TPSA) is 82.7 Å². The zero-order chi connectivity index (χ0) is 12.3. The van der Waals surface area contributed by atoms with Gasteiger partial charge >= 0.3 is 5.97 Å². The van der Waals surface area contributed by atoms with Crippen molar-refractivity contribution >= 4 is 11.7 Å². The van der Waals surface area contributed by atoms with Crippen molar-refractivity contribution in [2.24, 2.45) is 5.16 Å². The van der Waals surface area contributed by atoms with Gasteiger partial charge in [-0.3, -0.25) is 4.79 Å². The van der Waals surface area contributed by atoms with Crippen LogP contribution in [0.15, 0.2) is 29.4 Å². The molecule has 1 N–H and O–H groups in total. The van der Waals surface area contributed by atoms with E-state index in [1.54, 1.807) is 24.3 Å². The zero-order valence-corrected chi connectivity index (χ0v) is 8.96. The fourth-order valence-corrected chi connectivity index (χ4v) is 1.66. The molecule has 0 saturated carbocycles. The highest BCUT2D eigenvalue weighted by molar-refractivity contribution is 5.98. The first-order valence-electron chi connectivity index (χ1n) is 5.12. The van der Waals surface area contributed by atoms with Gasteiger partial charge in [0.2, 0.25) is 0 Å². The van der Waals surface area contributed by atoms with Crippen molar-refractivity contribution in [3.63, 3.8) is 0 Å². The van der Waals surface area contributed by atoms with Gasteiger partial charge in [0.05, 0.1) is 23.8 Å². The molecule has 0 saturated heterocycles. The Hall–Kier alpha value is -2.35. The molecule has 0 aromatic heterocycles. The lowest BCUT2D eigenvalue weighted by atomic mass is 10.0. The van der Waals surface area contributed by atoms with Crippen LogP contribution in [0.4, 0.5) is 0 Å². The minimum atomic E-state index is -0.909. The van der Waals surface area contributed by atoms with Crippen molar-refractivity contribution < 1.29 is 14.7 Å². The lowest BCUT2D eigenvalue weighted by Crippen LogP contribution is -2.06. The summed E-state index contributed by atoms with van der Waals surface area (Å²) in [6, 6.07) is 9.03. The maximum absolute atomic E-state index is 10.5. The summed E-state index contributed by atoms with van der Waals surface area (Å²) < 4.78 is 0. The minimum absolute atomic E-state index is 0.0905. The number of nitriles is 1. The lowest BCUT2D eigenvalue weighted by molar-refractivity contribution is -0.135. The highest BCUT2D eigenvalue weighted by atomic mass is 16.6. The Morgan fingerprint density at radius 3 is 2.82 bits per heavy atom. The average Bonchev–Trinajstić information content (AvgIpc) is 2.77. The van der Waals surface area contributed by atoms with Gasteiger partial charge in [-0.15, -0.1) is 0 Å². The second-order valence-electron chi connectivity index (χ2n) is 3.76. The van der Waals surface area contributed by atoms with Gasteiger partial charge in [0.15, 0.2) is 6.10 Å². The van der Waals surface area contributed by atoms with Crippen LogP contribution in [0.5, 0.6) is 0 Å². The summed E-state index contributed by atoms with van der Waals surface area (Å²) in [5.74, 6) is -0.909. The third-order valence-electron chi connectivity index (χ3n) is 2.50. The Morgan fingerprint density at radius 1 is 1.53 bits per heavy atom. The summed E-state index contributed by atoms with van der Waals surface area (Å²) in [6.07, 6.45) is 0.155. The molecule has 1 atom stereocenters.